The molecule has 0 unspecified atom stereocenters. The molecule has 1 N–H and O–H groups in total. The van der Waals surface area contributed by atoms with Crippen molar-refractivity contribution in [3.05, 3.63) is 28.7 Å². The highest BCUT2D eigenvalue weighted by molar-refractivity contribution is 5.92. The van der Waals surface area contributed by atoms with Gasteiger partial charge in [-0.1, -0.05) is 13.8 Å². The highest BCUT2D eigenvalue weighted by Crippen LogP contribution is 2.37. The van der Waals surface area contributed by atoms with E-state index in [0.29, 0.717) is 0 Å². The maximum atomic E-state index is 12.8. The fourth-order valence-corrected chi connectivity index (χ4v) is 1.40. The molecular formula is C12H14F3N2O2+. The molecule has 0 heterocycles. The lowest BCUT2D eigenvalue weighted by atomic mass is 10.1. The highest BCUT2D eigenvalue weighted by Gasteiger charge is 2.38. The van der Waals surface area contributed by atoms with Gasteiger partial charge in [0.2, 0.25) is 5.91 Å². The zero-order chi connectivity index (χ0) is 14.8. The lowest BCUT2D eigenvalue weighted by Crippen LogP contribution is -2.18. The highest BCUT2D eigenvalue weighted by atomic mass is 19.4. The van der Waals surface area contributed by atoms with E-state index >= 15 is 0 Å². The Labute approximate surface area is 108 Å². The number of anilines is 1. The second kappa shape index (κ2) is 5.38. The second-order valence-corrected chi connectivity index (χ2v) is 4.37. The normalized spacial score (nSPS) is 11.5. The standard InChI is InChI=1S/C12H13F3N2O2/c1-7(2)11(18)16-8-4-5-10(17(3)19)9(6-8)12(13,14)15/h4-7H,1-3H3/p+1. The minimum Gasteiger partial charge on any atom is -0.326 e. The van der Waals surface area contributed by atoms with Crippen LogP contribution in [-0.4, -0.2) is 17.7 Å². The van der Waals surface area contributed by atoms with Crippen LogP contribution in [0.4, 0.5) is 24.5 Å². The fraction of sp³-hybridized carbons (Fsp3) is 0.417. The molecule has 0 fully saturated rings. The van der Waals surface area contributed by atoms with E-state index < -0.39 is 23.3 Å². The molecule has 0 spiro atoms. The topological polar surface area (TPSA) is 49.2 Å². The van der Waals surface area contributed by atoms with Gasteiger partial charge in [0.15, 0.2) is 7.05 Å². The van der Waals surface area contributed by atoms with Crippen molar-refractivity contribution in [1.29, 1.82) is 0 Å². The number of carbonyl (C=O) groups is 1. The Morgan fingerprint density at radius 2 is 1.89 bits per heavy atom. The molecule has 0 aliphatic carbocycles. The smallest absolute Gasteiger partial charge is 0.326 e. The van der Waals surface area contributed by atoms with E-state index in [1.54, 1.807) is 13.8 Å². The number of hydrogen-bond acceptors (Lipinski definition) is 2. The van der Waals surface area contributed by atoms with Crippen molar-refractivity contribution in [2.45, 2.75) is 20.0 Å². The number of halogens is 3. The average Bonchev–Trinajstić information content (AvgIpc) is 2.27. The molecule has 1 aromatic carbocycles. The molecular weight excluding hydrogens is 261 g/mol. The van der Waals surface area contributed by atoms with E-state index in [4.69, 9.17) is 0 Å². The summed E-state index contributed by atoms with van der Waals surface area (Å²) in [6.45, 7) is 3.25. The molecule has 0 saturated carbocycles. The summed E-state index contributed by atoms with van der Waals surface area (Å²) in [7, 11) is 0.983. The van der Waals surface area contributed by atoms with E-state index in [1.807, 2.05) is 0 Å². The molecule has 104 valence electrons. The predicted molar refractivity (Wildman–Crippen MR) is 64.1 cm³/mol. The number of benzene rings is 1. The fourth-order valence-electron chi connectivity index (χ4n) is 1.40. The van der Waals surface area contributed by atoms with Crippen molar-refractivity contribution < 1.29 is 22.7 Å². The molecule has 0 bridgehead atoms. The lowest BCUT2D eigenvalue weighted by Gasteiger charge is -2.11. The molecule has 0 aromatic heterocycles. The monoisotopic (exact) mass is 275 g/mol. The van der Waals surface area contributed by atoms with Gasteiger partial charge in [-0.3, -0.25) is 4.79 Å². The number of carbonyl (C=O) groups excluding carboxylic acids is 1. The van der Waals surface area contributed by atoms with Crippen molar-refractivity contribution in [1.82, 2.24) is 0 Å². The van der Waals surface area contributed by atoms with Crippen molar-refractivity contribution in [2.24, 2.45) is 5.92 Å². The van der Waals surface area contributed by atoms with Crippen LogP contribution in [0.5, 0.6) is 0 Å². The van der Waals surface area contributed by atoms with Crippen LogP contribution in [0.1, 0.15) is 19.4 Å². The Morgan fingerprint density at radius 1 is 1.32 bits per heavy atom. The van der Waals surface area contributed by atoms with E-state index in [1.165, 1.54) is 6.07 Å². The van der Waals surface area contributed by atoms with Crippen LogP contribution in [0.3, 0.4) is 0 Å². The molecule has 0 radical (unpaired) electrons. The molecule has 1 amide bonds. The number of hydrogen-bond donors (Lipinski definition) is 1. The number of nitrogens with zero attached hydrogens (tertiary/aromatic N) is 1. The van der Waals surface area contributed by atoms with Crippen molar-refractivity contribution in [3.63, 3.8) is 0 Å². The summed E-state index contributed by atoms with van der Waals surface area (Å²) >= 11 is 0. The summed E-state index contributed by atoms with van der Waals surface area (Å²) in [4.78, 5) is 22.5. The Morgan fingerprint density at radius 3 is 2.32 bits per heavy atom. The van der Waals surface area contributed by atoms with Gasteiger partial charge in [0, 0.05) is 27.3 Å². The summed E-state index contributed by atoms with van der Waals surface area (Å²) in [5.41, 5.74) is -1.56. The number of alkyl halides is 3. The summed E-state index contributed by atoms with van der Waals surface area (Å²) in [6, 6.07) is 3.05. The summed E-state index contributed by atoms with van der Waals surface area (Å²) in [6.07, 6.45) is -4.66. The van der Waals surface area contributed by atoms with Gasteiger partial charge in [-0.15, -0.1) is 0 Å². The van der Waals surface area contributed by atoms with E-state index in [2.05, 4.69) is 5.32 Å². The van der Waals surface area contributed by atoms with Crippen molar-refractivity contribution >= 4 is 17.3 Å². The van der Waals surface area contributed by atoms with Gasteiger partial charge in [-0.25, -0.2) is 0 Å². The first-order valence-corrected chi connectivity index (χ1v) is 5.56. The Bertz CT molecular complexity index is 510. The predicted octanol–water partition coefficient (Wildman–Crippen LogP) is 3.34. The zero-order valence-corrected chi connectivity index (χ0v) is 10.7. The van der Waals surface area contributed by atoms with Crippen LogP contribution in [0.15, 0.2) is 18.2 Å². The minimum atomic E-state index is -4.66. The molecule has 4 nitrogen and oxygen atoms in total. The molecule has 0 aliphatic rings. The van der Waals surface area contributed by atoms with Gasteiger partial charge >= 0.3 is 6.18 Å². The second-order valence-electron chi connectivity index (χ2n) is 4.37. The lowest BCUT2D eigenvalue weighted by molar-refractivity contribution is -0.430. The quantitative estimate of drug-likeness (QED) is 0.860. The molecule has 0 aliphatic heterocycles. The van der Waals surface area contributed by atoms with Gasteiger partial charge in [0.05, 0.1) is 0 Å². The van der Waals surface area contributed by atoms with Gasteiger partial charge in [0.1, 0.15) is 5.56 Å². The zero-order valence-electron chi connectivity index (χ0n) is 10.7. The van der Waals surface area contributed by atoms with E-state index in [0.717, 1.165) is 19.2 Å². The molecule has 7 heteroatoms. The number of rotatable bonds is 3. The van der Waals surface area contributed by atoms with Crippen LogP contribution in [0.2, 0.25) is 0 Å². The third kappa shape index (κ3) is 3.77. The van der Waals surface area contributed by atoms with Crippen LogP contribution in [0.25, 0.3) is 0 Å². The van der Waals surface area contributed by atoms with Gasteiger partial charge in [-0.2, -0.15) is 13.2 Å². The third-order valence-corrected chi connectivity index (χ3v) is 2.43. The maximum Gasteiger partial charge on any atom is 0.423 e. The third-order valence-electron chi connectivity index (χ3n) is 2.43. The van der Waals surface area contributed by atoms with Crippen LogP contribution < -0.4 is 5.32 Å². The van der Waals surface area contributed by atoms with E-state index in [9.17, 15) is 22.9 Å². The first-order chi connectivity index (χ1) is 8.62. The van der Waals surface area contributed by atoms with Gasteiger partial charge < -0.3 is 5.32 Å². The van der Waals surface area contributed by atoms with Crippen LogP contribution in [-0.2, 0) is 11.0 Å². The maximum absolute atomic E-state index is 12.8. The first kappa shape index (κ1) is 15.1. The number of nitroso groups, excluding NO2 is 1. The molecule has 19 heavy (non-hydrogen) atoms. The van der Waals surface area contributed by atoms with Crippen molar-refractivity contribution in [3.8, 4) is 0 Å². The summed E-state index contributed by atoms with van der Waals surface area (Å²) in [5, 5.41) is 2.36. The molecule has 1 rings (SSSR count). The molecule has 0 atom stereocenters. The molecule has 0 saturated heterocycles. The summed E-state index contributed by atoms with van der Waals surface area (Å²) < 4.78 is 38.6. The number of amides is 1. The minimum absolute atomic E-state index is 0.0108. The van der Waals surface area contributed by atoms with Gasteiger partial charge in [0.25, 0.3) is 5.69 Å². The average molecular weight is 275 g/mol. The van der Waals surface area contributed by atoms with E-state index in [-0.39, 0.29) is 16.4 Å². The summed E-state index contributed by atoms with van der Waals surface area (Å²) in [5.74, 6) is -0.743. The Kier molecular flexibility index (Phi) is 4.28. The van der Waals surface area contributed by atoms with Crippen molar-refractivity contribution in [2.75, 3.05) is 12.4 Å². The van der Waals surface area contributed by atoms with Crippen LogP contribution >= 0.6 is 0 Å². The van der Waals surface area contributed by atoms with Gasteiger partial charge in [-0.05, 0) is 12.1 Å². The molecule has 1 aromatic rings. The Balaban J connectivity index is 3.19. The van der Waals surface area contributed by atoms with Crippen LogP contribution in [0, 0.1) is 10.8 Å². The number of nitrogens with one attached hydrogen (secondary N) is 1. The Hall–Kier alpha value is -1.92. The SMILES string of the molecule is CC(C)C(=O)Nc1ccc([N+](C)=O)c(C(F)(F)F)c1. The first-order valence-electron chi connectivity index (χ1n) is 5.56. The largest absolute Gasteiger partial charge is 0.423 e.